The van der Waals surface area contributed by atoms with Crippen LogP contribution in [0.2, 0.25) is 0 Å². The van der Waals surface area contributed by atoms with Gasteiger partial charge in [0.2, 0.25) is 5.91 Å². The first-order valence-electron chi connectivity index (χ1n) is 38.9. The number of allylic oxidation sites excluding steroid dienone is 13. The summed E-state index contributed by atoms with van der Waals surface area (Å²) < 4.78 is 30.5. The predicted octanol–water partition coefficient (Wildman–Crippen LogP) is 24.6. The van der Waals surface area contributed by atoms with Crippen LogP contribution in [0, 0.1) is 0 Å². The molecule has 0 radical (unpaired) electrons. The lowest BCUT2D eigenvalue weighted by molar-refractivity contribution is -0.870. The smallest absolute Gasteiger partial charge is 0.306 e. The third-order valence-electron chi connectivity index (χ3n) is 17.3. The molecule has 530 valence electrons. The average Bonchev–Trinajstić information content (AvgIpc) is 3.73. The molecule has 0 aromatic rings. The van der Waals surface area contributed by atoms with E-state index in [1.807, 2.05) is 33.3 Å². The number of carbonyl (C=O) groups is 2. The van der Waals surface area contributed by atoms with E-state index in [9.17, 15) is 19.0 Å². The van der Waals surface area contributed by atoms with Gasteiger partial charge in [-0.15, -0.1) is 0 Å². The van der Waals surface area contributed by atoms with Crippen LogP contribution in [0.15, 0.2) is 85.1 Å². The molecular weight excluding hydrogens is 1140 g/mol. The minimum absolute atomic E-state index is 0.0270. The summed E-state index contributed by atoms with van der Waals surface area (Å²) in [7, 11) is 1.18. The zero-order chi connectivity index (χ0) is 66.3. The van der Waals surface area contributed by atoms with Crippen LogP contribution in [-0.4, -0.2) is 69.4 Å². The monoisotopic (exact) mass is 1290 g/mol. The van der Waals surface area contributed by atoms with Crippen molar-refractivity contribution in [2.24, 2.45) is 0 Å². The quantitative estimate of drug-likeness (QED) is 0.0212. The molecular formula is C81H149N2O7P. The van der Waals surface area contributed by atoms with Crippen molar-refractivity contribution in [2.75, 3.05) is 40.9 Å². The number of unbranched alkanes of at least 4 members (excludes halogenated alkanes) is 43. The lowest BCUT2D eigenvalue weighted by Crippen LogP contribution is -2.47. The second-order valence-corrected chi connectivity index (χ2v) is 28.9. The van der Waals surface area contributed by atoms with Gasteiger partial charge in [-0.25, -0.2) is 0 Å². The Morgan fingerprint density at radius 1 is 0.396 bits per heavy atom. The first-order valence-corrected chi connectivity index (χ1v) is 40.4. The van der Waals surface area contributed by atoms with Crippen molar-refractivity contribution in [3.8, 4) is 0 Å². The third-order valence-corrected chi connectivity index (χ3v) is 18.3. The lowest BCUT2D eigenvalue weighted by Gasteiger charge is -2.30. The van der Waals surface area contributed by atoms with Crippen LogP contribution in [0.25, 0.3) is 0 Å². The molecule has 0 aliphatic heterocycles. The molecule has 1 N–H and O–H groups in total. The van der Waals surface area contributed by atoms with Gasteiger partial charge >= 0.3 is 5.97 Å². The number of nitrogens with one attached hydrogen (secondary N) is 1. The maximum Gasteiger partial charge on any atom is 0.306 e. The minimum atomic E-state index is -4.72. The number of esters is 1. The molecule has 0 saturated heterocycles. The van der Waals surface area contributed by atoms with Gasteiger partial charge < -0.3 is 28.5 Å². The zero-order valence-electron chi connectivity index (χ0n) is 60.8. The van der Waals surface area contributed by atoms with E-state index in [1.165, 1.54) is 212 Å². The number of hydrogen-bond donors (Lipinski definition) is 1. The third kappa shape index (κ3) is 71.3. The fraction of sp³-hybridized carbons (Fsp3) is 0.802. The van der Waals surface area contributed by atoms with Crippen LogP contribution in [0.1, 0.15) is 367 Å². The Morgan fingerprint density at radius 3 is 1.05 bits per heavy atom. The Labute approximate surface area is 565 Å². The molecule has 0 aromatic heterocycles. The first kappa shape index (κ1) is 88.2. The largest absolute Gasteiger partial charge is 0.756 e. The molecule has 3 unspecified atom stereocenters. The molecule has 0 bridgehead atoms. The summed E-state index contributed by atoms with van der Waals surface area (Å²) in [6.45, 7) is 6.77. The maximum absolute atomic E-state index is 13.6. The van der Waals surface area contributed by atoms with E-state index in [2.05, 4.69) is 99.0 Å². The second kappa shape index (κ2) is 70.0. The highest BCUT2D eigenvalue weighted by Crippen LogP contribution is 2.38. The normalized spacial score (nSPS) is 13.9. The lowest BCUT2D eigenvalue weighted by atomic mass is 10.0. The molecule has 9 nitrogen and oxygen atoms in total. The molecule has 1 amide bonds. The van der Waals surface area contributed by atoms with Crippen molar-refractivity contribution in [3.05, 3.63) is 85.1 Å². The van der Waals surface area contributed by atoms with Crippen molar-refractivity contribution >= 4 is 19.7 Å². The molecule has 0 aliphatic carbocycles. The number of rotatable bonds is 71. The van der Waals surface area contributed by atoms with E-state index in [4.69, 9.17) is 13.8 Å². The van der Waals surface area contributed by atoms with E-state index in [1.54, 1.807) is 0 Å². The number of hydrogen-bond acceptors (Lipinski definition) is 7. The molecule has 10 heteroatoms. The number of ether oxygens (including phenoxy) is 1. The van der Waals surface area contributed by atoms with E-state index in [0.717, 1.165) is 122 Å². The summed E-state index contributed by atoms with van der Waals surface area (Å²) in [5, 5.41) is 3.05. The Balaban J connectivity index is 5.01. The van der Waals surface area contributed by atoms with Gasteiger partial charge in [-0.05, 0) is 83.1 Å². The molecule has 0 spiro atoms. The van der Waals surface area contributed by atoms with Gasteiger partial charge in [0.25, 0.3) is 7.82 Å². The fourth-order valence-electron chi connectivity index (χ4n) is 11.4. The van der Waals surface area contributed by atoms with Gasteiger partial charge in [0.05, 0.1) is 33.8 Å². The predicted molar refractivity (Wildman–Crippen MR) is 395 cm³/mol. The van der Waals surface area contributed by atoms with E-state index in [0.29, 0.717) is 17.4 Å². The standard InChI is InChI=1S/C81H149N2O7P/c1-7-10-13-16-19-22-25-28-30-32-34-36-38-40-41-43-45-47-49-51-53-56-59-62-65-68-71-74-81(85)90-79(72-69-66-63-60-57-54-27-24-21-18-15-12-9-3)78(77-89-91(86,87)88-76-75-83(4,5)6)82-80(84)73-70-67-64-61-58-55-52-50-48-46-44-42-39-37-35-33-31-29-26-23-20-17-14-11-8-2/h11,14,20,23,29,31,35,37,42,44,48,50,69,72,78-79H,7-10,12-13,15-19,21-22,24-28,30,32-34,36,38-41,43,45-47,49,51-68,70-71,73-77H2,1-6H3,(H-,82,84,86,87)/b14-11-,23-20-,31-29-,37-35-,44-42-,50-48-,72-69+. The number of amides is 1. The van der Waals surface area contributed by atoms with Gasteiger partial charge in [-0.2, -0.15) is 0 Å². The molecule has 3 atom stereocenters. The summed E-state index contributed by atoms with van der Waals surface area (Å²) in [6, 6.07) is -0.901. The van der Waals surface area contributed by atoms with Crippen LogP contribution in [0.4, 0.5) is 0 Å². The summed E-state index contributed by atoms with van der Waals surface area (Å²) >= 11 is 0. The summed E-state index contributed by atoms with van der Waals surface area (Å²) in [6.07, 6.45) is 94.4. The van der Waals surface area contributed by atoms with E-state index in [-0.39, 0.29) is 24.9 Å². The van der Waals surface area contributed by atoms with Crippen molar-refractivity contribution in [1.29, 1.82) is 0 Å². The van der Waals surface area contributed by atoms with E-state index < -0.39 is 26.6 Å². The topological polar surface area (TPSA) is 114 Å². The minimum Gasteiger partial charge on any atom is -0.756 e. The molecule has 0 aromatic carbocycles. The Bertz CT molecular complexity index is 1830. The number of phosphoric acid groups is 1. The Hall–Kier alpha value is -2.81. The van der Waals surface area contributed by atoms with Crippen molar-refractivity contribution < 1.29 is 37.3 Å². The van der Waals surface area contributed by atoms with Gasteiger partial charge in [0.1, 0.15) is 19.3 Å². The highest BCUT2D eigenvalue weighted by Gasteiger charge is 2.27. The number of likely N-dealkylation sites (N-methyl/N-ethyl adjacent to an activating group) is 1. The first-order chi connectivity index (χ1) is 44.4. The van der Waals surface area contributed by atoms with Crippen molar-refractivity contribution in [3.63, 3.8) is 0 Å². The summed E-state index contributed by atoms with van der Waals surface area (Å²) in [5.74, 6) is -0.545. The Morgan fingerprint density at radius 2 is 0.703 bits per heavy atom. The molecule has 0 heterocycles. The maximum atomic E-state index is 13.6. The van der Waals surface area contributed by atoms with Gasteiger partial charge in [0, 0.05) is 12.8 Å². The number of phosphoric ester groups is 1. The molecule has 0 saturated carbocycles. The molecule has 0 aliphatic rings. The summed E-state index contributed by atoms with van der Waals surface area (Å²) in [5.41, 5.74) is 0. The van der Waals surface area contributed by atoms with Gasteiger partial charge in [-0.1, -0.05) is 357 Å². The number of carbonyl (C=O) groups excluding carboxylic acids is 2. The van der Waals surface area contributed by atoms with Crippen LogP contribution in [0.5, 0.6) is 0 Å². The molecule has 0 rings (SSSR count). The van der Waals surface area contributed by atoms with Crippen molar-refractivity contribution in [2.45, 2.75) is 380 Å². The summed E-state index contributed by atoms with van der Waals surface area (Å²) in [4.78, 5) is 40.3. The average molecular weight is 1290 g/mol. The van der Waals surface area contributed by atoms with Crippen LogP contribution in [-0.2, 0) is 27.9 Å². The molecule has 0 fully saturated rings. The zero-order valence-corrected chi connectivity index (χ0v) is 61.7. The van der Waals surface area contributed by atoms with Gasteiger partial charge in [-0.3, -0.25) is 14.2 Å². The fourth-order valence-corrected chi connectivity index (χ4v) is 12.1. The molecule has 91 heavy (non-hydrogen) atoms. The van der Waals surface area contributed by atoms with Crippen molar-refractivity contribution in [1.82, 2.24) is 5.32 Å². The second-order valence-electron chi connectivity index (χ2n) is 27.5. The SMILES string of the molecule is CC/C=C\C/C=C\C/C=C\C/C=C\C/C=C\C/C=C\CCCCCCCCC(=O)NC(COP(=O)([O-])OCC[N+](C)(C)C)C(/C=C/CCCCCCCCCCCCC)OC(=O)CCCCCCCCCCCCCCCCCCCCCCCCCCCCC. The highest BCUT2D eigenvalue weighted by molar-refractivity contribution is 7.45. The number of quaternary nitrogens is 1. The van der Waals surface area contributed by atoms with Crippen LogP contribution >= 0.6 is 7.82 Å². The Kier molecular flexibility index (Phi) is 67.8. The highest BCUT2D eigenvalue weighted by atomic mass is 31.2. The number of nitrogens with zero attached hydrogens (tertiary/aromatic N) is 1. The van der Waals surface area contributed by atoms with Gasteiger partial charge in [0.15, 0.2) is 0 Å². The van der Waals surface area contributed by atoms with Crippen LogP contribution in [0.3, 0.4) is 0 Å². The van der Waals surface area contributed by atoms with Crippen LogP contribution < -0.4 is 10.2 Å². The van der Waals surface area contributed by atoms with E-state index >= 15 is 0 Å².